The molecule has 1 aromatic carbocycles. The minimum absolute atomic E-state index is 0.159. The second kappa shape index (κ2) is 5.00. The average Bonchev–Trinajstić information content (AvgIpc) is 2.60. The van der Waals surface area contributed by atoms with E-state index < -0.39 is 5.97 Å². The summed E-state index contributed by atoms with van der Waals surface area (Å²) >= 11 is 6.18. The van der Waals surface area contributed by atoms with Crippen LogP contribution in [-0.2, 0) is 11.3 Å². The van der Waals surface area contributed by atoms with Crippen LogP contribution >= 0.6 is 11.6 Å². The van der Waals surface area contributed by atoms with Crippen LogP contribution in [0.15, 0.2) is 18.2 Å². The number of ether oxygens (including phenoxy) is 1. The number of carboxylic acid groups (broad SMARTS) is 1. The first-order chi connectivity index (χ1) is 8.57. The smallest absolute Gasteiger partial charge is 0.339 e. The number of para-hydroxylation sites is 1. The SMILES string of the molecule is COCCn1c(Cl)c(C(=O)O)c2cccc(C)c21. The highest BCUT2D eigenvalue weighted by Crippen LogP contribution is 2.31. The van der Waals surface area contributed by atoms with E-state index in [1.807, 2.05) is 19.1 Å². The fourth-order valence-electron chi connectivity index (χ4n) is 2.16. The Morgan fingerprint density at radius 2 is 2.22 bits per heavy atom. The second-order valence-corrected chi connectivity index (χ2v) is 4.44. The Morgan fingerprint density at radius 1 is 1.50 bits per heavy atom. The summed E-state index contributed by atoms with van der Waals surface area (Å²) in [7, 11) is 1.60. The van der Waals surface area contributed by atoms with Crippen LogP contribution in [0, 0.1) is 6.92 Å². The van der Waals surface area contributed by atoms with E-state index in [9.17, 15) is 9.90 Å². The van der Waals surface area contributed by atoms with E-state index in [2.05, 4.69) is 0 Å². The molecule has 5 heteroatoms. The van der Waals surface area contributed by atoms with Crippen LogP contribution in [0.4, 0.5) is 0 Å². The van der Waals surface area contributed by atoms with Crippen LogP contribution in [-0.4, -0.2) is 29.4 Å². The Morgan fingerprint density at radius 3 is 2.83 bits per heavy atom. The molecule has 0 saturated carbocycles. The Hall–Kier alpha value is -1.52. The van der Waals surface area contributed by atoms with Crippen LogP contribution in [0.1, 0.15) is 15.9 Å². The molecule has 0 aliphatic carbocycles. The molecule has 0 fully saturated rings. The molecule has 4 nitrogen and oxygen atoms in total. The molecule has 0 bridgehead atoms. The predicted molar refractivity (Wildman–Crippen MR) is 70.5 cm³/mol. The highest BCUT2D eigenvalue weighted by molar-refractivity contribution is 6.35. The number of carbonyl (C=O) groups is 1. The molecular formula is C13H14ClNO3. The summed E-state index contributed by atoms with van der Waals surface area (Å²) in [5.74, 6) is -1.01. The van der Waals surface area contributed by atoms with Crippen molar-refractivity contribution in [2.75, 3.05) is 13.7 Å². The minimum Gasteiger partial charge on any atom is -0.478 e. The molecule has 0 unspecified atom stereocenters. The number of carboxylic acids is 1. The highest BCUT2D eigenvalue weighted by atomic mass is 35.5. The standard InChI is InChI=1S/C13H14ClNO3/c1-8-4-3-5-9-10(13(16)17)12(14)15(11(8)9)6-7-18-2/h3-5H,6-7H2,1-2H3,(H,16,17). The number of aromatic nitrogens is 1. The van der Waals surface area contributed by atoms with Crippen LogP contribution < -0.4 is 0 Å². The van der Waals surface area contributed by atoms with Gasteiger partial charge in [0, 0.05) is 19.0 Å². The molecule has 0 amide bonds. The lowest BCUT2D eigenvalue weighted by Crippen LogP contribution is -2.05. The fourth-order valence-corrected chi connectivity index (χ4v) is 2.51. The lowest BCUT2D eigenvalue weighted by Gasteiger charge is -2.07. The number of halogens is 1. The summed E-state index contributed by atoms with van der Waals surface area (Å²) in [4.78, 5) is 11.3. The third-order valence-electron chi connectivity index (χ3n) is 2.95. The van der Waals surface area contributed by atoms with E-state index >= 15 is 0 Å². The summed E-state index contributed by atoms with van der Waals surface area (Å²) in [5.41, 5.74) is 2.02. The van der Waals surface area contributed by atoms with Crippen molar-refractivity contribution < 1.29 is 14.6 Å². The number of aryl methyl sites for hydroxylation is 1. The van der Waals surface area contributed by atoms with Crippen molar-refractivity contribution in [3.63, 3.8) is 0 Å². The van der Waals surface area contributed by atoms with E-state index in [0.29, 0.717) is 18.5 Å². The second-order valence-electron chi connectivity index (χ2n) is 4.09. The monoisotopic (exact) mass is 267 g/mol. The Labute approximate surface area is 110 Å². The van der Waals surface area contributed by atoms with E-state index in [-0.39, 0.29) is 10.7 Å². The molecule has 2 rings (SSSR count). The molecule has 0 radical (unpaired) electrons. The number of benzene rings is 1. The van der Waals surface area contributed by atoms with Gasteiger partial charge in [-0.3, -0.25) is 0 Å². The van der Waals surface area contributed by atoms with Crippen molar-refractivity contribution in [2.45, 2.75) is 13.5 Å². The van der Waals surface area contributed by atoms with Gasteiger partial charge in [-0.05, 0) is 12.5 Å². The zero-order valence-electron chi connectivity index (χ0n) is 10.2. The minimum atomic E-state index is -1.01. The van der Waals surface area contributed by atoms with Crippen molar-refractivity contribution in [3.05, 3.63) is 34.5 Å². The molecule has 18 heavy (non-hydrogen) atoms. The Balaban J connectivity index is 2.75. The maximum Gasteiger partial charge on any atom is 0.339 e. The van der Waals surface area contributed by atoms with Crippen LogP contribution in [0.25, 0.3) is 10.9 Å². The van der Waals surface area contributed by atoms with Crippen molar-refractivity contribution >= 4 is 28.5 Å². The maximum absolute atomic E-state index is 11.3. The van der Waals surface area contributed by atoms with Crippen molar-refractivity contribution in [2.24, 2.45) is 0 Å². The van der Waals surface area contributed by atoms with Crippen LogP contribution in [0.5, 0.6) is 0 Å². The van der Waals surface area contributed by atoms with Gasteiger partial charge in [-0.1, -0.05) is 29.8 Å². The summed E-state index contributed by atoms with van der Waals surface area (Å²) in [6, 6.07) is 5.55. The van der Waals surface area contributed by atoms with Crippen molar-refractivity contribution in [3.8, 4) is 0 Å². The number of hydrogen-bond donors (Lipinski definition) is 1. The number of hydrogen-bond acceptors (Lipinski definition) is 2. The molecule has 0 spiro atoms. The predicted octanol–water partition coefficient (Wildman–Crippen LogP) is 2.95. The largest absolute Gasteiger partial charge is 0.478 e. The van der Waals surface area contributed by atoms with Crippen LogP contribution in [0.2, 0.25) is 5.15 Å². The van der Waals surface area contributed by atoms with E-state index in [0.717, 1.165) is 11.1 Å². The first-order valence-electron chi connectivity index (χ1n) is 5.57. The molecule has 1 heterocycles. The molecule has 0 aliphatic rings. The normalized spacial score (nSPS) is 11.1. The molecule has 1 aromatic heterocycles. The third kappa shape index (κ3) is 1.98. The summed E-state index contributed by atoms with van der Waals surface area (Å²) in [6.45, 7) is 2.95. The lowest BCUT2D eigenvalue weighted by molar-refractivity contribution is 0.0699. The first kappa shape index (κ1) is 12.9. The lowest BCUT2D eigenvalue weighted by atomic mass is 10.1. The van der Waals surface area contributed by atoms with Crippen molar-refractivity contribution in [1.82, 2.24) is 4.57 Å². The van der Waals surface area contributed by atoms with Gasteiger partial charge in [0.05, 0.1) is 12.1 Å². The Kier molecular flexibility index (Phi) is 3.59. The van der Waals surface area contributed by atoms with Gasteiger partial charge in [0.15, 0.2) is 0 Å². The summed E-state index contributed by atoms with van der Waals surface area (Å²) in [5, 5.41) is 10.2. The molecule has 0 atom stereocenters. The van der Waals surface area contributed by atoms with Gasteiger partial charge in [-0.15, -0.1) is 0 Å². The molecule has 0 saturated heterocycles. The maximum atomic E-state index is 11.3. The first-order valence-corrected chi connectivity index (χ1v) is 5.95. The van der Waals surface area contributed by atoms with Gasteiger partial charge in [-0.25, -0.2) is 4.79 Å². The van der Waals surface area contributed by atoms with Crippen molar-refractivity contribution in [1.29, 1.82) is 0 Å². The Bertz CT molecular complexity index is 604. The molecular weight excluding hydrogens is 254 g/mol. The number of aromatic carboxylic acids is 1. The van der Waals surface area contributed by atoms with Gasteiger partial charge in [0.25, 0.3) is 0 Å². The molecule has 0 aliphatic heterocycles. The van der Waals surface area contributed by atoms with Gasteiger partial charge >= 0.3 is 5.97 Å². The number of methoxy groups -OCH3 is 1. The summed E-state index contributed by atoms with van der Waals surface area (Å²) in [6.07, 6.45) is 0. The molecule has 96 valence electrons. The third-order valence-corrected chi connectivity index (χ3v) is 3.35. The van der Waals surface area contributed by atoms with Crippen LogP contribution in [0.3, 0.4) is 0 Å². The van der Waals surface area contributed by atoms with E-state index in [1.165, 1.54) is 0 Å². The zero-order chi connectivity index (χ0) is 13.3. The summed E-state index contributed by atoms with van der Waals surface area (Å²) < 4.78 is 6.82. The number of nitrogens with zero attached hydrogens (tertiary/aromatic N) is 1. The van der Waals surface area contributed by atoms with E-state index in [4.69, 9.17) is 16.3 Å². The van der Waals surface area contributed by atoms with Gasteiger partial charge in [-0.2, -0.15) is 0 Å². The average molecular weight is 268 g/mol. The molecule has 1 N–H and O–H groups in total. The quantitative estimate of drug-likeness (QED) is 0.927. The van der Waals surface area contributed by atoms with E-state index in [1.54, 1.807) is 17.7 Å². The molecule has 2 aromatic rings. The number of fused-ring (bicyclic) bond motifs is 1. The fraction of sp³-hybridized carbons (Fsp3) is 0.308. The van der Waals surface area contributed by atoms with Gasteiger partial charge in [0.2, 0.25) is 0 Å². The van der Waals surface area contributed by atoms with Gasteiger partial charge in [0.1, 0.15) is 10.7 Å². The van der Waals surface area contributed by atoms with Gasteiger partial charge < -0.3 is 14.4 Å². The highest BCUT2D eigenvalue weighted by Gasteiger charge is 2.21. The topological polar surface area (TPSA) is 51.5 Å². The zero-order valence-corrected chi connectivity index (χ0v) is 11.0. The number of rotatable bonds is 4.